The summed E-state index contributed by atoms with van der Waals surface area (Å²) in [7, 11) is 4.40. The highest BCUT2D eigenvalue weighted by molar-refractivity contribution is 7.83. The first-order valence-corrected chi connectivity index (χ1v) is 8.74. The van der Waals surface area contributed by atoms with Gasteiger partial charge in [-0.05, 0) is 13.0 Å². The van der Waals surface area contributed by atoms with Crippen molar-refractivity contribution >= 4 is 27.5 Å². The summed E-state index contributed by atoms with van der Waals surface area (Å²) in [5, 5.41) is 0.829. The van der Waals surface area contributed by atoms with Gasteiger partial charge in [-0.1, -0.05) is 17.7 Å². The Bertz CT molecular complexity index is 641. The summed E-state index contributed by atoms with van der Waals surface area (Å²) in [4.78, 5) is 6.26. The van der Waals surface area contributed by atoms with Crippen molar-refractivity contribution in [2.75, 3.05) is 26.1 Å². The van der Waals surface area contributed by atoms with Gasteiger partial charge in [-0.25, -0.2) is 4.98 Å². The van der Waals surface area contributed by atoms with Gasteiger partial charge in [-0.2, -0.15) is 4.37 Å². The SMILES string of the molecule is COc1ccc(C)cc1CS(=O)Cc1nsc(N(C)C)n1. The molecule has 0 amide bonds. The summed E-state index contributed by atoms with van der Waals surface area (Å²) in [6.45, 7) is 2.01. The van der Waals surface area contributed by atoms with E-state index in [1.807, 2.05) is 44.1 Å². The fraction of sp³-hybridized carbons (Fsp3) is 0.429. The van der Waals surface area contributed by atoms with Gasteiger partial charge < -0.3 is 9.64 Å². The minimum Gasteiger partial charge on any atom is -0.496 e. The van der Waals surface area contributed by atoms with Gasteiger partial charge in [-0.3, -0.25) is 4.21 Å². The second-order valence-electron chi connectivity index (χ2n) is 4.93. The van der Waals surface area contributed by atoms with Crippen molar-refractivity contribution in [3.8, 4) is 5.75 Å². The van der Waals surface area contributed by atoms with E-state index in [0.717, 1.165) is 22.0 Å². The smallest absolute Gasteiger partial charge is 0.204 e. The summed E-state index contributed by atoms with van der Waals surface area (Å²) in [6, 6.07) is 5.90. The Balaban J connectivity index is 2.06. The highest BCUT2D eigenvalue weighted by Crippen LogP contribution is 2.22. The van der Waals surface area contributed by atoms with Crippen molar-refractivity contribution in [2.24, 2.45) is 0 Å². The van der Waals surface area contributed by atoms with Crippen molar-refractivity contribution in [3.05, 3.63) is 35.2 Å². The normalized spacial score (nSPS) is 12.2. The van der Waals surface area contributed by atoms with Crippen molar-refractivity contribution in [1.82, 2.24) is 9.36 Å². The Morgan fingerprint density at radius 3 is 2.71 bits per heavy atom. The van der Waals surface area contributed by atoms with Gasteiger partial charge in [0.25, 0.3) is 0 Å². The van der Waals surface area contributed by atoms with Gasteiger partial charge in [0, 0.05) is 42.0 Å². The molecule has 0 saturated heterocycles. The van der Waals surface area contributed by atoms with Crippen LogP contribution >= 0.6 is 11.5 Å². The van der Waals surface area contributed by atoms with Crippen LogP contribution in [0.15, 0.2) is 18.2 Å². The van der Waals surface area contributed by atoms with Gasteiger partial charge in [0.1, 0.15) is 5.75 Å². The second-order valence-corrected chi connectivity index (χ2v) is 7.12. The number of aryl methyl sites for hydroxylation is 1. The largest absolute Gasteiger partial charge is 0.496 e. The molecule has 0 radical (unpaired) electrons. The van der Waals surface area contributed by atoms with Gasteiger partial charge >= 0.3 is 0 Å². The first kappa shape index (κ1) is 15.9. The average molecular weight is 325 g/mol. The predicted molar refractivity (Wildman–Crippen MR) is 87.5 cm³/mol. The third-order valence-corrected chi connectivity index (χ3v) is 5.02. The van der Waals surface area contributed by atoms with Gasteiger partial charge in [-0.15, -0.1) is 0 Å². The van der Waals surface area contributed by atoms with E-state index < -0.39 is 10.8 Å². The maximum Gasteiger partial charge on any atom is 0.204 e. The monoisotopic (exact) mass is 325 g/mol. The maximum atomic E-state index is 12.3. The minimum atomic E-state index is -1.06. The Hall–Kier alpha value is -1.47. The lowest BCUT2D eigenvalue weighted by Crippen LogP contribution is -2.08. The number of aromatic nitrogens is 2. The highest BCUT2D eigenvalue weighted by atomic mass is 32.2. The molecule has 1 aromatic heterocycles. The molecule has 0 aliphatic heterocycles. The number of rotatable bonds is 6. The first-order chi connectivity index (χ1) is 9.99. The van der Waals surface area contributed by atoms with Gasteiger partial charge in [0.15, 0.2) is 5.82 Å². The summed E-state index contributed by atoms with van der Waals surface area (Å²) < 4.78 is 21.9. The molecule has 0 spiro atoms. The van der Waals surface area contributed by atoms with Crippen molar-refractivity contribution in [2.45, 2.75) is 18.4 Å². The van der Waals surface area contributed by atoms with Crippen LogP contribution in [0.2, 0.25) is 0 Å². The van der Waals surface area contributed by atoms with E-state index >= 15 is 0 Å². The third kappa shape index (κ3) is 4.25. The summed E-state index contributed by atoms with van der Waals surface area (Å²) in [6.07, 6.45) is 0. The van der Waals surface area contributed by atoms with Crippen LogP contribution in [-0.2, 0) is 22.3 Å². The number of hydrogen-bond donors (Lipinski definition) is 0. The van der Waals surface area contributed by atoms with E-state index in [1.54, 1.807) is 7.11 Å². The molecule has 1 heterocycles. The summed E-state index contributed by atoms with van der Waals surface area (Å²) >= 11 is 1.32. The molecular weight excluding hydrogens is 306 g/mol. The van der Waals surface area contributed by atoms with Crippen LogP contribution in [0, 0.1) is 6.92 Å². The number of hydrogen-bond acceptors (Lipinski definition) is 6. The number of methoxy groups -OCH3 is 1. The quantitative estimate of drug-likeness (QED) is 0.816. The Kier molecular flexibility index (Phi) is 5.30. The van der Waals surface area contributed by atoms with E-state index in [1.165, 1.54) is 11.5 Å². The number of benzene rings is 1. The molecule has 0 bridgehead atoms. The minimum absolute atomic E-state index is 0.363. The Morgan fingerprint density at radius 1 is 1.33 bits per heavy atom. The molecule has 5 nitrogen and oxygen atoms in total. The van der Waals surface area contributed by atoms with Crippen molar-refractivity contribution in [1.29, 1.82) is 0 Å². The van der Waals surface area contributed by atoms with E-state index in [-0.39, 0.29) is 0 Å². The molecule has 1 atom stereocenters. The number of nitrogens with zero attached hydrogens (tertiary/aromatic N) is 3. The first-order valence-electron chi connectivity index (χ1n) is 6.48. The zero-order valence-electron chi connectivity index (χ0n) is 12.6. The molecule has 0 fully saturated rings. The fourth-order valence-corrected chi connectivity index (χ4v) is 3.65. The van der Waals surface area contributed by atoms with Gasteiger partial charge in [0.05, 0.1) is 18.6 Å². The molecule has 1 aromatic carbocycles. The predicted octanol–water partition coefficient (Wildman–Crippen LogP) is 2.37. The highest BCUT2D eigenvalue weighted by Gasteiger charge is 2.12. The molecule has 0 aliphatic carbocycles. The Morgan fingerprint density at radius 2 is 2.10 bits per heavy atom. The van der Waals surface area contributed by atoms with E-state index in [9.17, 15) is 4.21 Å². The zero-order chi connectivity index (χ0) is 15.4. The van der Waals surface area contributed by atoms with E-state index in [2.05, 4.69) is 9.36 Å². The van der Waals surface area contributed by atoms with Crippen LogP contribution < -0.4 is 9.64 Å². The van der Waals surface area contributed by atoms with Crippen LogP contribution in [0.4, 0.5) is 5.13 Å². The lowest BCUT2D eigenvalue weighted by Gasteiger charge is -2.09. The molecule has 0 aliphatic rings. The lowest BCUT2D eigenvalue weighted by molar-refractivity contribution is 0.411. The van der Waals surface area contributed by atoms with E-state index in [4.69, 9.17) is 4.74 Å². The molecule has 0 saturated carbocycles. The summed E-state index contributed by atoms with van der Waals surface area (Å²) in [5.41, 5.74) is 2.09. The number of ether oxygens (including phenoxy) is 1. The number of anilines is 1. The third-order valence-electron chi connectivity index (χ3n) is 2.88. The molecule has 7 heteroatoms. The van der Waals surface area contributed by atoms with Crippen molar-refractivity contribution < 1.29 is 8.95 Å². The molecule has 1 unspecified atom stereocenters. The summed E-state index contributed by atoms with van der Waals surface area (Å²) in [5.74, 6) is 2.21. The van der Waals surface area contributed by atoms with Crippen LogP contribution in [0.3, 0.4) is 0 Å². The fourth-order valence-electron chi connectivity index (χ4n) is 1.87. The average Bonchev–Trinajstić information content (AvgIpc) is 2.87. The lowest BCUT2D eigenvalue weighted by atomic mass is 10.1. The molecule has 2 rings (SSSR count). The van der Waals surface area contributed by atoms with Gasteiger partial charge in [0.2, 0.25) is 5.13 Å². The van der Waals surface area contributed by atoms with Crippen LogP contribution in [0.5, 0.6) is 5.75 Å². The second kappa shape index (κ2) is 7.00. The molecule has 2 aromatic rings. The van der Waals surface area contributed by atoms with Crippen LogP contribution in [0.25, 0.3) is 0 Å². The maximum absolute atomic E-state index is 12.3. The molecule has 21 heavy (non-hydrogen) atoms. The molecule has 114 valence electrons. The molecule has 0 N–H and O–H groups in total. The van der Waals surface area contributed by atoms with Crippen LogP contribution in [0.1, 0.15) is 17.0 Å². The topological polar surface area (TPSA) is 55.3 Å². The standard InChI is InChI=1S/C14H19N3O2S2/c1-10-5-6-12(19-4)11(7-10)8-21(18)9-13-15-14(17(2)3)20-16-13/h5-7H,8-9H2,1-4H3. The Labute approximate surface area is 131 Å². The van der Waals surface area contributed by atoms with E-state index in [0.29, 0.717) is 17.3 Å². The zero-order valence-corrected chi connectivity index (χ0v) is 14.3. The van der Waals surface area contributed by atoms with Crippen LogP contribution in [-0.4, -0.2) is 34.8 Å². The van der Waals surface area contributed by atoms with Crippen molar-refractivity contribution in [3.63, 3.8) is 0 Å². The molecular formula is C14H19N3O2S2.